The van der Waals surface area contributed by atoms with Crippen LogP contribution in [0.3, 0.4) is 0 Å². The van der Waals surface area contributed by atoms with Gasteiger partial charge in [-0.3, -0.25) is 0 Å². The summed E-state index contributed by atoms with van der Waals surface area (Å²) in [5, 5.41) is 7.90. The lowest BCUT2D eigenvalue weighted by Crippen LogP contribution is -2.30. The second-order valence-corrected chi connectivity index (χ2v) is 4.33. The smallest absolute Gasteiger partial charge is 0.00173 e. The number of nitrogens with one attached hydrogen (secondary N) is 1. The maximum atomic E-state index is 3.45. The predicted molar refractivity (Wildman–Crippen MR) is 53.6 cm³/mol. The van der Waals surface area contributed by atoms with Crippen molar-refractivity contribution in [2.75, 3.05) is 13.1 Å². The molecule has 1 saturated heterocycles. The molecule has 0 aromatic carbocycles. The Bertz CT molecular complexity index is 212. The molecular formula is C10H15NS. The minimum absolute atomic E-state index is 0.883. The molecule has 2 heteroatoms. The number of thiophene rings is 1. The molecule has 1 fully saturated rings. The number of hydrogen-bond donors (Lipinski definition) is 1. The van der Waals surface area contributed by atoms with Crippen LogP contribution in [0.25, 0.3) is 0 Å². The van der Waals surface area contributed by atoms with Crippen molar-refractivity contribution in [1.82, 2.24) is 5.32 Å². The summed E-state index contributed by atoms with van der Waals surface area (Å²) in [6, 6.07) is 2.25. The first-order chi connectivity index (χ1) is 5.95. The molecular weight excluding hydrogens is 166 g/mol. The fraction of sp³-hybridized carbons (Fsp3) is 0.600. The zero-order chi connectivity index (χ0) is 8.23. The third-order valence-electron chi connectivity index (χ3n) is 2.50. The summed E-state index contributed by atoms with van der Waals surface area (Å²) < 4.78 is 0. The lowest BCUT2D eigenvalue weighted by atomic mass is 9.94. The Balaban J connectivity index is 1.86. The molecule has 0 saturated carbocycles. The van der Waals surface area contributed by atoms with E-state index in [0.717, 1.165) is 5.92 Å². The van der Waals surface area contributed by atoms with Crippen molar-refractivity contribution in [3.8, 4) is 0 Å². The van der Waals surface area contributed by atoms with Crippen molar-refractivity contribution >= 4 is 11.3 Å². The first-order valence-electron chi connectivity index (χ1n) is 4.67. The van der Waals surface area contributed by atoms with Crippen LogP contribution in [0.1, 0.15) is 18.4 Å². The van der Waals surface area contributed by atoms with Gasteiger partial charge in [0.25, 0.3) is 0 Å². The maximum absolute atomic E-state index is 3.45. The van der Waals surface area contributed by atoms with Gasteiger partial charge in [-0.25, -0.2) is 0 Å². The molecule has 1 N–H and O–H groups in total. The largest absolute Gasteiger partial charge is 0.316 e. The van der Waals surface area contributed by atoms with Crippen LogP contribution >= 0.6 is 11.3 Å². The maximum Gasteiger partial charge on any atom is -0.00173 e. The van der Waals surface area contributed by atoms with Crippen LogP contribution < -0.4 is 5.32 Å². The Morgan fingerprint density at radius 1 is 1.58 bits per heavy atom. The molecule has 12 heavy (non-hydrogen) atoms. The summed E-state index contributed by atoms with van der Waals surface area (Å²) in [4.78, 5) is 0. The van der Waals surface area contributed by atoms with E-state index >= 15 is 0 Å². The molecule has 0 aliphatic carbocycles. The van der Waals surface area contributed by atoms with E-state index < -0.39 is 0 Å². The molecule has 1 aromatic heterocycles. The first-order valence-corrected chi connectivity index (χ1v) is 5.61. The van der Waals surface area contributed by atoms with E-state index in [9.17, 15) is 0 Å². The third-order valence-corrected chi connectivity index (χ3v) is 3.24. The highest BCUT2D eigenvalue weighted by atomic mass is 32.1. The van der Waals surface area contributed by atoms with Gasteiger partial charge in [0.15, 0.2) is 0 Å². The molecule has 0 amide bonds. The zero-order valence-electron chi connectivity index (χ0n) is 7.25. The van der Waals surface area contributed by atoms with E-state index in [4.69, 9.17) is 0 Å². The summed E-state index contributed by atoms with van der Waals surface area (Å²) in [7, 11) is 0. The van der Waals surface area contributed by atoms with E-state index in [1.165, 1.54) is 37.9 Å². The number of rotatable bonds is 2. The highest BCUT2D eigenvalue weighted by molar-refractivity contribution is 7.07. The molecule has 0 radical (unpaired) electrons. The van der Waals surface area contributed by atoms with Gasteiger partial charge in [-0.05, 0) is 60.7 Å². The molecule has 66 valence electrons. The molecule has 0 unspecified atom stereocenters. The number of hydrogen-bond acceptors (Lipinski definition) is 2. The lowest BCUT2D eigenvalue weighted by Gasteiger charge is -2.22. The van der Waals surface area contributed by atoms with E-state index in [1.54, 1.807) is 0 Å². The molecule has 1 aliphatic rings. The molecule has 0 spiro atoms. The second kappa shape index (κ2) is 4.06. The van der Waals surface area contributed by atoms with Crippen LogP contribution in [0.2, 0.25) is 0 Å². The van der Waals surface area contributed by atoms with Gasteiger partial charge in [0.05, 0.1) is 0 Å². The van der Waals surface area contributed by atoms with E-state index in [1.807, 2.05) is 11.3 Å². The van der Waals surface area contributed by atoms with Gasteiger partial charge < -0.3 is 5.32 Å². The molecule has 2 heterocycles. The molecule has 0 bridgehead atoms. The minimum atomic E-state index is 0.883. The normalized spacial score (nSPS) is 24.2. The van der Waals surface area contributed by atoms with Crippen molar-refractivity contribution in [1.29, 1.82) is 0 Å². The van der Waals surface area contributed by atoms with Gasteiger partial charge in [-0.2, -0.15) is 11.3 Å². The number of piperidine rings is 1. The van der Waals surface area contributed by atoms with Gasteiger partial charge in [0, 0.05) is 0 Å². The van der Waals surface area contributed by atoms with Crippen molar-refractivity contribution in [3.05, 3.63) is 22.4 Å². The first kappa shape index (κ1) is 8.27. The van der Waals surface area contributed by atoms with Gasteiger partial charge >= 0.3 is 0 Å². The molecule has 1 aliphatic heterocycles. The molecule has 1 atom stereocenters. The predicted octanol–water partition coefficient (Wildman–Crippen LogP) is 2.29. The minimum Gasteiger partial charge on any atom is -0.316 e. The average Bonchev–Trinajstić information content (AvgIpc) is 2.59. The Morgan fingerprint density at radius 3 is 3.25 bits per heavy atom. The van der Waals surface area contributed by atoms with Crippen LogP contribution in [0, 0.1) is 5.92 Å². The summed E-state index contributed by atoms with van der Waals surface area (Å²) in [6.07, 6.45) is 4.04. The van der Waals surface area contributed by atoms with E-state index in [2.05, 4.69) is 22.1 Å². The summed E-state index contributed by atoms with van der Waals surface area (Å²) in [6.45, 7) is 2.44. The standard InChI is InChI=1S/C10H15NS/c1-2-9(7-11-4-1)6-10-3-5-12-8-10/h3,5,8-9,11H,1-2,4,6-7H2/t9-/m1/s1. The van der Waals surface area contributed by atoms with E-state index in [-0.39, 0.29) is 0 Å². The van der Waals surface area contributed by atoms with Crippen LogP contribution in [-0.4, -0.2) is 13.1 Å². The van der Waals surface area contributed by atoms with Gasteiger partial charge in [0.1, 0.15) is 0 Å². The zero-order valence-corrected chi connectivity index (χ0v) is 8.07. The highest BCUT2D eigenvalue weighted by Crippen LogP contribution is 2.17. The highest BCUT2D eigenvalue weighted by Gasteiger charge is 2.12. The monoisotopic (exact) mass is 181 g/mol. The van der Waals surface area contributed by atoms with Gasteiger partial charge in [-0.15, -0.1) is 0 Å². The van der Waals surface area contributed by atoms with Gasteiger partial charge in [0.2, 0.25) is 0 Å². The molecule has 1 nitrogen and oxygen atoms in total. The van der Waals surface area contributed by atoms with Crippen LogP contribution in [-0.2, 0) is 6.42 Å². The van der Waals surface area contributed by atoms with Crippen LogP contribution in [0.4, 0.5) is 0 Å². The Morgan fingerprint density at radius 2 is 2.58 bits per heavy atom. The van der Waals surface area contributed by atoms with E-state index in [0.29, 0.717) is 0 Å². The van der Waals surface area contributed by atoms with Crippen molar-refractivity contribution in [2.24, 2.45) is 5.92 Å². The Labute approximate surface area is 77.8 Å². The summed E-state index contributed by atoms with van der Waals surface area (Å²) in [5.74, 6) is 0.883. The van der Waals surface area contributed by atoms with Gasteiger partial charge in [-0.1, -0.05) is 0 Å². The second-order valence-electron chi connectivity index (χ2n) is 3.55. The molecule has 2 rings (SSSR count). The Kier molecular flexibility index (Phi) is 2.79. The third kappa shape index (κ3) is 2.08. The van der Waals surface area contributed by atoms with Crippen LogP contribution in [0.15, 0.2) is 16.8 Å². The van der Waals surface area contributed by atoms with Crippen LogP contribution in [0.5, 0.6) is 0 Å². The van der Waals surface area contributed by atoms with Crippen molar-refractivity contribution < 1.29 is 0 Å². The quantitative estimate of drug-likeness (QED) is 0.738. The average molecular weight is 181 g/mol. The molecule has 1 aromatic rings. The summed E-state index contributed by atoms with van der Waals surface area (Å²) >= 11 is 1.81. The fourth-order valence-corrected chi connectivity index (χ4v) is 2.52. The lowest BCUT2D eigenvalue weighted by molar-refractivity contribution is 0.376. The SMILES string of the molecule is c1cc(C[C@H]2CCCNC2)cs1. The topological polar surface area (TPSA) is 12.0 Å². The van der Waals surface area contributed by atoms with Crippen molar-refractivity contribution in [2.45, 2.75) is 19.3 Å². The summed E-state index contributed by atoms with van der Waals surface area (Å²) in [5.41, 5.74) is 1.52. The fourth-order valence-electron chi connectivity index (χ4n) is 1.84. The Hall–Kier alpha value is -0.340. The van der Waals surface area contributed by atoms with Crippen molar-refractivity contribution in [3.63, 3.8) is 0 Å².